The Kier molecular flexibility index (Phi) is 8.22. The molecule has 0 bridgehead atoms. The second kappa shape index (κ2) is 11.1. The number of thioether (sulfide) groups is 1. The number of ether oxygens (including phenoxy) is 1. The summed E-state index contributed by atoms with van der Waals surface area (Å²) in [5, 5.41) is 14.6. The van der Waals surface area contributed by atoms with E-state index in [-0.39, 0.29) is 18.5 Å². The van der Waals surface area contributed by atoms with Crippen molar-refractivity contribution in [3.05, 3.63) is 24.3 Å². The van der Waals surface area contributed by atoms with Crippen molar-refractivity contribution in [2.24, 2.45) is 5.92 Å². The molecule has 9 nitrogen and oxygen atoms in total. The Morgan fingerprint density at radius 3 is 2.47 bits per heavy atom. The van der Waals surface area contributed by atoms with Crippen molar-refractivity contribution >= 4 is 41.0 Å². The van der Waals surface area contributed by atoms with E-state index >= 15 is 0 Å². The molecule has 3 atom stereocenters. The number of nitrogens with zero attached hydrogens (tertiary/aromatic N) is 3. The average molecular weight is 460 g/mol. The van der Waals surface area contributed by atoms with Gasteiger partial charge in [-0.05, 0) is 51.0 Å². The summed E-state index contributed by atoms with van der Waals surface area (Å²) in [4.78, 5) is 40.5. The van der Waals surface area contributed by atoms with Crippen LogP contribution < -0.4 is 10.6 Å². The predicted octanol–water partition coefficient (Wildman–Crippen LogP) is 2.72. The fourth-order valence-corrected chi connectivity index (χ4v) is 5.31. The standard InChI is InChI=1S/C22H29N5O4S/c1-3-27-19(28)18(32-20(27)17(13-23)21(29)31-4-2)14-24-15-7-9-16(10-8-15)25-22(30)26-11-5-6-12-26/h7-10,17-18,20,24H,3-6,11-12,14H2,1-2H3,(H,25,30)/t17?,18?,20-/m0/s1. The van der Waals surface area contributed by atoms with E-state index < -0.39 is 22.5 Å². The molecular weight excluding hydrogens is 430 g/mol. The van der Waals surface area contributed by atoms with E-state index in [0.717, 1.165) is 31.6 Å². The number of hydrogen-bond acceptors (Lipinski definition) is 7. The maximum Gasteiger partial charge on any atom is 0.326 e. The summed E-state index contributed by atoms with van der Waals surface area (Å²) in [6.45, 7) is 6.05. The number of hydrogen-bond donors (Lipinski definition) is 2. The monoisotopic (exact) mass is 459 g/mol. The Morgan fingerprint density at radius 2 is 1.88 bits per heavy atom. The Bertz CT molecular complexity index is 866. The molecule has 0 spiro atoms. The van der Waals surface area contributed by atoms with Crippen LogP contribution in [0.25, 0.3) is 0 Å². The highest BCUT2D eigenvalue weighted by molar-refractivity contribution is 8.01. The molecule has 2 saturated heterocycles. The quantitative estimate of drug-likeness (QED) is 0.575. The van der Waals surface area contributed by atoms with Gasteiger partial charge in [-0.25, -0.2) is 4.79 Å². The Balaban J connectivity index is 1.56. The molecule has 2 fully saturated rings. The Morgan fingerprint density at radius 1 is 1.22 bits per heavy atom. The van der Waals surface area contributed by atoms with E-state index in [4.69, 9.17) is 4.74 Å². The van der Waals surface area contributed by atoms with Gasteiger partial charge in [0, 0.05) is 37.6 Å². The molecule has 2 heterocycles. The summed E-state index contributed by atoms with van der Waals surface area (Å²) < 4.78 is 5.01. The van der Waals surface area contributed by atoms with Crippen LogP contribution in [0.3, 0.4) is 0 Å². The van der Waals surface area contributed by atoms with Gasteiger partial charge in [0.2, 0.25) is 5.91 Å². The molecule has 172 valence electrons. The van der Waals surface area contributed by atoms with Crippen molar-refractivity contribution in [3.8, 4) is 6.07 Å². The Labute approximate surface area is 192 Å². The lowest BCUT2D eigenvalue weighted by Crippen LogP contribution is -2.41. The van der Waals surface area contributed by atoms with Crippen molar-refractivity contribution in [1.82, 2.24) is 9.80 Å². The topological polar surface area (TPSA) is 115 Å². The zero-order valence-electron chi connectivity index (χ0n) is 18.4. The number of urea groups is 1. The first kappa shape index (κ1) is 23.7. The minimum Gasteiger partial charge on any atom is -0.465 e. The maximum absolute atomic E-state index is 12.8. The van der Waals surface area contributed by atoms with Crippen molar-refractivity contribution < 1.29 is 19.1 Å². The largest absolute Gasteiger partial charge is 0.465 e. The molecule has 2 N–H and O–H groups in total. The number of nitriles is 1. The lowest BCUT2D eigenvalue weighted by atomic mass is 10.1. The first-order valence-corrected chi connectivity index (χ1v) is 11.8. The molecule has 0 aromatic heterocycles. The molecule has 2 unspecified atom stereocenters. The number of likely N-dealkylation sites (tertiary alicyclic amines) is 1. The molecule has 2 aliphatic heterocycles. The number of amides is 3. The first-order chi connectivity index (χ1) is 15.5. The molecule has 0 aliphatic carbocycles. The van der Waals surface area contributed by atoms with E-state index in [1.165, 1.54) is 11.8 Å². The summed E-state index contributed by atoms with van der Waals surface area (Å²) in [5.74, 6) is -1.72. The minimum absolute atomic E-state index is 0.0875. The van der Waals surface area contributed by atoms with Crippen molar-refractivity contribution in [1.29, 1.82) is 5.26 Å². The van der Waals surface area contributed by atoms with Crippen LogP contribution in [0, 0.1) is 17.2 Å². The number of nitrogens with one attached hydrogen (secondary N) is 2. The van der Waals surface area contributed by atoms with Crippen LogP contribution in [0.4, 0.5) is 16.2 Å². The second-order valence-corrected chi connectivity index (χ2v) is 8.91. The smallest absolute Gasteiger partial charge is 0.326 e. The van der Waals surface area contributed by atoms with Crippen LogP contribution in [0.1, 0.15) is 26.7 Å². The van der Waals surface area contributed by atoms with Gasteiger partial charge in [-0.3, -0.25) is 9.59 Å². The van der Waals surface area contributed by atoms with Gasteiger partial charge in [-0.15, -0.1) is 11.8 Å². The second-order valence-electron chi connectivity index (χ2n) is 7.58. The molecule has 3 amide bonds. The fraction of sp³-hybridized carbons (Fsp3) is 0.545. The molecule has 0 saturated carbocycles. The van der Waals surface area contributed by atoms with Crippen LogP contribution in [0.2, 0.25) is 0 Å². The van der Waals surface area contributed by atoms with Crippen LogP contribution in [0.15, 0.2) is 24.3 Å². The predicted molar refractivity (Wildman–Crippen MR) is 123 cm³/mol. The molecule has 32 heavy (non-hydrogen) atoms. The summed E-state index contributed by atoms with van der Waals surface area (Å²) in [6, 6.07) is 9.23. The summed E-state index contributed by atoms with van der Waals surface area (Å²) in [7, 11) is 0. The molecular formula is C22H29N5O4S. The summed E-state index contributed by atoms with van der Waals surface area (Å²) >= 11 is 1.31. The first-order valence-electron chi connectivity index (χ1n) is 10.9. The highest BCUT2D eigenvalue weighted by Crippen LogP contribution is 2.36. The van der Waals surface area contributed by atoms with Gasteiger partial charge in [-0.1, -0.05) is 0 Å². The van der Waals surface area contributed by atoms with E-state index in [2.05, 4.69) is 10.6 Å². The van der Waals surface area contributed by atoms with E-state index in [9.17, 15) is 19.6 Å². The van der Waals surface area contributed by atoms with E-state index in [1.54, 1.807) is 16.7 Å². The number of benzene rings is 1. The zero-order valence-corrected chi connectivity index (χ0v) is 19.2. The number of carbonyl (C=O) groups is 3. The van der Waals surface area contributed by atoms with Crippen LogP contribution in [0.5, 0.6) is 0 Å². The van der Waals surface area contributed by atoms with Gasteiger partial charge in [0.05, 0.1) is 12.7 Å². The van der Waals surface area contributed by atoms with Gasteiger partial charge in [-0.2, -0.15) is 5.26 Å². The number of anilines is 2. The highest BCUT2D eigenvalue weighted by atomic mass is 32.2. The van der Waals surface area contributed by atoms with Crippen LogP contribution >= 0.6 is 11.8 Å². The van der Waals surface area contributed by atoms with Crippen LogP contribution in [-0.4, -0.2) is 71.1 Å². The van der Waals surface area contributed by atoms with Gasteiger partial charge in [0.15, 0.2) is 5.92 Å². The zero-order chi connectivity index (χ0) is 23.1. The van der Waals surface area contributed by atoms with Crippen LogP contribution in [-0.2, 0) is 14.3 Å². The average Bonchev–Trinajstić information content (AvgIpc) is 3.43. The Hall–Kier alpha value is -2.93. The van der Waals surface area contributed by atoms with Crippen molar-refractivity contribution in [3.63, 3.8) is 0 Å². The fourth-order valence-electron chi connectivity index (χ4n) is 3.81. The molecule has 10 heteroatoms. The van der Waals surface area contributed by atoms with E-state index in [1.807, 2.05) is 37.3 Å². The lowest BCUT2D eigenvalue weighted by Gasteiger charge is -2.24. The normalized spacial score (nSPS) is 21.2. The van der Waals surface area contributed by atoms with Gasteiger partial charge in [0.25, 0.3) is 0 Å². The lowest BCUT2D eigenvalue weighted by molar-refractivity contribution is -0.147. The molecule has 1 aromatic rings. The maximum atomic E-state index is 12.8. The SMILES string of the molecule is CCOC(=O)C(C#N)[C@@H]1SC(CNc2ccc(NC(=O)N3CCCC3)cc2)C(=O)N1CC. The molecule has 2 aliphatic rings. The van der Waals surface area contributed by atoms with Gasteiger partial charge >= 0.3 is 12.0 Å². The van der Waals surface area contributed by atoms with E-state index in [0.29, 0.717) is 18.8 Å². The number of esters is 1. The van der Waals surface area contributed by atoms with Gasteiger partial charge in [0.1, 0.15) is 10.6 Å². The minimum atomic E-state index is -1.02. The summed E-state index contributed by atoms with van der Waals surface area (Å²) in [5.41, 5.74) is 1.52. The number of carbonyl (C=O) groups excluding carboxylic acids is 3. The third kappa shape index (κ3) is 5.46. The van der Waals surface area contributed by atoms with Gasteiger partial charge < -0.3 is 25.2 Å². The third-order valence-electron chi connectivity index (χ3n) is 5.50. The summed E-state index contributed by atoms with van der Waals surface area (Å²) in [6.07, 6.45) is 2.08. The van der Waals surface area contributed by atoms with Crippen molar-refractivity contribution in [2.45, 2.75) is 37.3 Å². The molecule has 3 rings (SSSR count). The van der Waals surface area contributed by atoms with Crippen molar-refractivity contribution in [2.75, 3.05) is 43.4 Å². The molecule has 0 radical (unpaired) electrons. The third-order valence-corrected chi connectivity index (χ3v) is 7.00. The number of rotatable bonds is 8. The highest BCUT2D eigenvalue weighted by Gasteiger charge is 2.46. The molecule has 1 aromatic carbocycles.